The van der Waals surface area contributed by atoms with Gasteiger partial charge in [-0.2, -0.15) is 0 Å². The summed E-state index contributed by atoms with van der Waals surface area (Å²) in [5, 5.41) is 6.73. The molecule has 0 heterocycles. The fourth-order valence-corrected chi connectivity index (χ4v) is 2.32. The average Bonchev–Trinajstić information content (AvgIpc) is 2.60. The Morgan fingerprint density at radius 3 is 2.56 bits per heavy atom. The number of carbonyl (C=O) groups excluding carboxylic acids is 3. The molecule has 2 N–H and O–H groups in total. The van der Waals surface area contributed by atoms with Crippen molar-refractivity contribution in [3.8, 4) is 0 Å². The highest BCUT2D eigenvalue weighted by atomic mass is 16.5. The van der Waals surface area contributed by atoms with Gasteiger partial charge in [-0.05, 0) is 29.7 Å². The van der Waals surface area contributed by atoms with Crippen LogP contribution in [-0.2, 0) is 20.7 Å². The van der Waals surface area contributed by atoms with E-state index in [4.69, 9.17) is 4.74 Å². The number of rotatable bonds is 6. The highest BCUT2D eigenvalue weighted by Gasteiger charge is 2.13. The minimum Gasteiger partial charge on any atom is -0.455 e. The number of hydrogen-bond donors (Lipinski definition) is 2. The molecule has 0 radical (unpaired) electrons. The van der Waals surface area contributed by atoms with Crippen LogP contribution in [0.15, 0.2) is 42.5 Å². The van der Waals surface area contributed by atoms with Gasteiger partial charge in [-0.25, -0.2) is 4.79 Å². The summed E-state index contributed by atoms with van der Waals surface area (Å²) in [5.74, 6) is -1.18. The minimum absolute atomic E-state index is 0.0401. The van der Waals surface area contributed by atoms with E-state index in [0.717, 1.165) is 22.8 Å². The maximum absolute atomic E-state index is 12.0. The summed E-state index contributed by atoms with van der Waals surface area (Å²) in [6, 6.07) is 12.8. The second kappa shape index (κ2) is 8.82. The topological polar surface area (TPSA) is 84.5 Å². The fourth-order valence-electron chi connectivity index (χ4n) is 2.32. The number of amides is 3. The average molecular weight is 342 g/mol. The van der Waals surface area contributed by atoms with Gasteiger partial charge in [0.25, 0.3) is 5.91 Å². The molecule has 0 saturated carbocycles. The van der Waals surface area contributed by atoms with Gasteiger partial charge in [-0.3, -0.25) is 14.9 Å². The summed E-state index contributed by atoms with van der Waals surface area (Å²) in [4.78, 5) is 35.1. The van der Waals surface area contributed by atoms with Crippen LogP contribution in [0.2, 0.25) is 0 Å². The number of hydrogen-bond acceptors (Lipinski definition) is 4. The number of carbonyl (C=O) groups is 3. The lowest BCUT2D eigenvalue weighted by atomic mass is 10.0. The standard InChI is InChI=1S/C19H22N2O4/c1-3-13(2)20-19(24)21-17(22)12-25-18(23)11-15-9-6-8-14-7-4-5-10-16(14)15/h4-10,13H,3,11-12H2,1-2H3,(H2,20,21,22,24)/t13-/m0/s1. The third kappa shape index (κ3) is 5.60. The number of nitrogens with one attached hydrogen (secondary N) is 2. The van der Waals surface area contributed by atoms with Gasteiger partial charge in [0.05, 0.1) is 6.42 Å². The van der Waals surface area contributed by atoms with Gasteiger partial charge < -0.3 is 10.1 Å². The van der Waals surface area contributed by atoms with Crippen molar-refractivity contribution in [2.75, 3.05) is 6.61 Å². The Morgan fingerprint density at radius 2 is 1.80 bits per heavy atom. The molecule has 0 bridgehead atoms. The fraction of sp³-hybridized carbons (Fsp3) is 0.316. The summed E-state index contributed by atoms with van der Waals surface area (Å²) in [7, 11) is 0. The van der Waals surface area contributed by atoms with Gasteiger partial charge >= 0.3 is 12.0 Å². The molecule has 132 valence electrons. The van der Waals surface area contributed by atoms with Crippen LogP contribution in [0.25, 0.3) is 10.8 Å². The zero-order chi connectivity index (χ0) is 18.2. The molecule has 0 aromatic heterocycles. The molecule has 3 amide bonds. The Hall–Kier alpha value is -2.89. The van der Waals surface area contributed by atoms with E-state index < -0.39 is 24.5 Å². The largest absolute Gasteiger partial charge is 0.455 e. The zero-order valence-electron chi connectivity index (χ0n) is 14.4. The number of urea groups is 1. The molecule has 0 aliphatic heterocycles. The maximum Gasteiger partial charge on any atom is 0.321 e. The van der Waals surface area contributed by atoms with Crippen LogP contribution in [0.3, 0.4) is 0 Å². The quantitative estimate of drug-likeness (QED) is 0.790. The molecule has 0 saturated heterocycles. The second-order valence-corrected chi connectivity index (χ2v) is 5.81. The lowest BCUT2D eigenvalue weighted by molar-refractivity contribution is -0.147. The van der Waals surface area contributed by atoms with Crippen LogP contribution in [0.4, 0.5) is 4.79 Å². The molecule has 0 unspecified atom stereocenters. The van der Waals surface area contributed by atoms with Crippen molar-refractivity contribution < 1.29 is 19.1 Å². The van der Waals surface area contributed by atoms with Crippen molar-refractivity contribution in [1.29, 1.82) is 0 Å². The molecule has 2 aromatic rings. The Morgan fingerprint density at radius 1 is 1.08 bits per heavy atom. The van der Waals surface area contributed by atoms with E-state index >= 15 is 0 Å². The monoisotopic (exact) mass is 342 g/mol. The van der Waals surface area contributed by atoms with Crippen molar-refractivity contribution >= 4 is 28.7 Å². The summed E-state index contributed by atoms with van der Waals surface area (Å²) < 4.78 is 4.96. The third-order valence-corrected chi connectivity index (χ3v) is 3.82. The Labute approximate surface area is 146 Å². The predicted octanol–water partition coefficient (Wildman–Crippen LogP) is 2.55. The van der Waals surface area contributed by atoms with Crippen LogP contribution in [0.5, 0.6) is 0 Å². The van der Waals surface area contributed by atoms with E-state index in [1.54, 1.807) is 0 Å². The molecule has 0 aliphatic carbocycles. The van der Waals surface area contributed by atoms with E-state index in [1.165, 1.54) is 0 Å². The lowest BCUT2D eigenvalue weighted by Crippen LogP contribution is -2.44. The van der Waals surface area contributed by atoms with Gasteiger partial charge in [0.15, 0.2) is 6.61 Å². The van der Waals surface area contributed by atoms with E-state index in [2.05, 4.69) is 10.6 Å². The van der Waals surface area contributed by atoms with Gasteiger partial charge in [0, 0.05) is 6.04 Å². The first-order valence-electron chi connectivity index (χ1n) is 8.22. The molecule has 2 rings (SSSR count). The minimum atomic E-state index is -0.660. The first-order chi connectivity index (χ1) is 12.0. The highest BCUT2D eigenvalue weighted by molar-refractivity contribution is 5.96. The Balaban J connectivity index is 1.84. The molecule has 6 heteroatoms. The van der Waals surface area contributed by atoms with Gasteiger partial charge in [0.1, 0.15) is 0 Å². The SMILES string of the molecule is CC[C@H](C)NC(=O)NC(=O)COC(=O)Cc1cccc2ccccc12. The van der Waals surface area contributed by atoms with E-state index in [9.17, 15) is 14.4 Å². The number of benzene rings is 2. The second-order valence-electron chi connectivity index (χ2n) is 5.81. The lowest BCUT2D eigenvalue weighted by Gasteiger charge is -2.12. The van der Waals surface area contributed by atoms with E-state index in [0.29, 0.717) is 0 Å². The maximum atomic E-state index is 12.0. The normalized spacial score (nSPS) is 11.6. The first kappa shape index (κ1) is 18.4. The number of fused-ring (bicyclic) bond motifs is 1. The zero-order valence-corrected chi connectivity index (χ0v) is 14.4. The Bertz CT molecular complexity index is 768. The summed E-state index contributed by atoms with van der Waals surface area (Å²) in [6.45, 7) is 3.26. The molecule has 0 fully saturated rings. The molecule has 0 spiro atoms. The number of ether oxygens (including phenoxy) is 1. The predicted molar refractivity (Wildman–Crippen MR) is 95.0 cm³/mol. The van der Waals surface area contributed by atoms with Gasteiger partial charge in [-0.1, -0.05) is 49.4 Å². The van der Waals surface area contributed by atoms with Crippen molar-refractivity contribution in [2.24, 2.45) is 0 Å². The van der Waals surface area contributed by atoms with Crippen LogP contribution < -0.4 is 10.6 Å². The number of imide groups is 1. The number of esters is 1. The van der Waals surface area contributed by atoms with E-state index in [1.807, 2.05) is 56.3 Å². The molecule has 6 nitrogen and oxygen atoms in total. The van der Waals surface area contributed by atoms with Crippen molar-refractivity contribution in [2.45, 2.75) is 32.7 Å². The first-order valence-corrected chi connectivity index (χ1v) is 8.22. The molecule has 0 aliphatic rings. The third-order valence-electron chi connectivity index (χ3n) is 3.82. The molecule has 1 atom stereocenters. The van der Waals surface area contributed by atoms with Crippen molar-refractivity contribution in [3.63, 3.8) is 0 Å². The van der Waals surface area contributed by atoms with Gasteiger partial charge in [-0.15, -0.1) is 0 Å². The van der Waals surface area contributed by atoms with Crippen LogP contribution in [0, 0.1) is 0 Å². The summed E-state index contributed by atoms with van der Waals surface area (Å²) >= 11 is 0. The van der Waals surface area contributed by atoms with E-state index in [-0.39, 0.29) is 12.5 Å². The molecular weight excluding hydrogens is 320 g/mol. The smallest absolute Gasteiger partial charge is 0.321 e. The molecule has 2 aromatic carbocycles. The van der Waals surface area contributed by atoms with Crippen LogP contribution in [-0.4, -0.2) is 30.6 Å². The van der Waals surface area contributed by atoms with Crippen LogP contribution in [0.1, 0.15) is 25.8 Å². The summed E-state index contributed by atoms with van der Waals surface area (Å²) in [6.07, 6.45) is 0.815. The summed E-state index contributed by atoms with van der Waals surface area (Å²) in [5.41, 5.74) is 0.832. The van der Waals surface area contributed by atoms with Crippen molar-refractivity contribution in [1.82, 2.24) is 10.6 Å². The highest BCUT2D eigenvalue weighted by Crippen LogP contribution is 2.19. The van der Waals surface area contributed by atoms with Gasteiger partial charge in [0.2, 0.25) is 0 Å². The molecule has 25 heavy (non-hydrogen) atoms. The van der Waals surface area contributed by atoms with Crippen molar-refractivity contribution in [3.05, 3.63) is 48.0 Å². The van der Waals surface area contributed by atoms with Crippen LogP contribution >= 0.6 is 0 Å². The molecular formula is C19H22N2O4. The Kier molecular flexibility index (Phi) is 6.51.